The van der Waals surface area contributed by atoms with Crippen LogP contribution in [-0.2, 0) is 20.9 Å². The number of likely N-dealkylation sites (tertiary alicyclic amines) is 1. The number of aliphatic carboxylic acids is 1. The molecule has 24 heavy (non-hydrogen) atoms. The quantitative estimate of drug-likeness (QED) is 0.913. The molecule has 1 heterocycles. The zero-order valence-corrected chi connectivity index (χ0v) is 14.0. The van der Waals surface area contributed by atoms with Crippen molar-refractivity contribution in [1.29, 1.82) is 0 Å². The van der Waals surface area contributed by atoms with Crippen molar-refractivity contribution >= 4 is 12.1 Å². The monoisotopic (exact) mass is 339 g/mol. The highest BCUT2D eigenvalue weighted by molar-refractivity contribution is 5.81. The molecule has 2 atom stereocenters. The largest absolute Gasteiger partial charge is 0.480 e. The van der Waals surface area contributed by atoms with Gasteiger partial charge in [-0.3, -0.25) is 4.90 Å². The van der Waals surface area contributed by atoms with Crippen molar-refractivity contribution in [3.8, 4) is 0 Å². The standard InChI is InChI=1S/C17H22FNO5/c1-17(2,3)24-16(22)19-9-13(8-14(19)15(20)21)23-10-11-4-6-12(18)7-5-11/h4-7,13-14H,8-10H2,1-3H3,(H,20,21)/t13-,14+/m0/s1. The molecule has 1 fully saturated rings. The van der Waals surface area contributed by atoms with Crippen molar-refractivity contribution in [1.82, 2.24) is 4.90 Å². The first-order chi connectivity index (χ1) is 11.2. The number of ether oxygens (including phenoxy) is 2. The Labute approximate surface area is 140 Å². The molecule has 0 spiro atoms. The fourth-order valence-corrected chi connectivity index (χ4v) is 2.47. The topological polar surface area (TPSA) is 76.1 Å². The highest BCUT2D eigenvalue weighted by Gasteiger charge is 2.42. The lowest BCUT2D eigenvalue weighted by atomic mass is 10.2. The van der Waals surface area contributed by atoms with Crippen LogP contribution >= 0.6 is 0 Å². The third-order valence-electron chi connectivity index (χ3n) is 3.57. The summed E-state index contributed by atoms with van der Waals surface area (Å²) in [6.45, 7) is 5.53. The van der Waals surface area contributed by atoms with Crippen molar-refractivity contribution < 1.29 is 28.6 Å². The number of amides is 1. The van der Waals surface area contributed by atoms with E-state index in [2.05, 4.69) is 0 Å². The average molecular weight is 339 g/mol. The smallest absolute Gasteiger partial charge is 0.411 e. The van der Waals surface area contributed by atoms with Gasteiger partial charge in [0.05, 0.1) is 19.3 Å². The van der Waals surface area contributed by atoms with Gasteiger partial charge in [-0.2, -0.15) is 0 Å². The summed E-state index contributed by atoms with van der Waals surface area (Å²) >= 11 is 0. The summed E-state index contributed by atoms with van der Waals surface area (Å²) in [5.41, 5.74) is 0.0756. The summed E-state index contributed by atoms with van der Waals surface area (Å²) in [6, 6.07) is 4.90. The fraction of sp³-hybridized carbons (Fsp3) is 0.529. The van der Waals surface area contributed by atoms with Crippen LogP contribution in [0.2, 0.25) is 0 Å². The van der Waals surface area contributed by atoms with Crippen LogP contribution in [0.3, 0.4) is 0 Å². The van der Waals surface area contributed by atoms with Crippen molar-refractivity contribution in [3.63, 3.8) is 0 Å². The third kappa shape index (κ3) is 4.92. The Morgan fingerprint density at radius 3 is 2.46 bits per heavy atom. The molecule has 6 nitrogen and oxygen atoms in total. The molecule has 0 aliphatic carbocycles. The van der Waals surface area contributed by atoms with Crippen LogP contribution in [0.5, 0.6) is 0 Å². The van der Waals surface area contributed by atoms with Gasteiger partial charge in [-0.15, -0.1) is 0 Å². The minimum absolute atomic E-state index is 0.146. The number of benzene rings is 1. The van der Waals surface area contributed by atoms with Gasteiger partial charge in [0.1, 0.15) is 17.5 Å². The second kappa shape index (κ2) is 7.17. The number of carboxylic acid groups (broad SMARTS) is 1. The molecule has 1 aliphatic rings. The van der Waals surface area contributed by atoms with Crippen LogP contribution in [0.25, 0.3) is 0 Å². The highest BCUT2D eigenvalue weighted by atomic mass is 19.1. The van der Waals surface area contributed by atoms with Gasteiger partial charge in [0.25, 0.3) is 0 Å². The Morgan fingerprint density at radius 2 is 1.92 bits per heavy atom. The first kappa shape index (κ1) is 18.2. The van der Waals surface area contributed by atoms with E-state index in [1.54, 1.807) is 32.9 Å². The van der Waals surface area contributed by atoms with Crippen molar-refractivity contribution in [3.05, 3.63) is 35.6 Å². The summed E-state index contributed by atoms with van der Waals surface area (Å²) in [7, 11) is 0. The molecule has 1 N–H and O–H groups in total. The summed E-state index contributed by atoms with van der Waals surface area (Å²) in [4.78, 5) is 24.8. The van der Waals surface area contributed by atoms with Crippen LogP contribution in [-0.4, -0.2) is 46.4 Å². The Kier molecular flexibility index (Phi) is 5.43. The summed E-state index contributed by atoms with van der Waals surface area (Å²) in [6.07, 6.45) is -0.887. The maximum Gasteiger partial charge on any atom is 0.411 e. The molecule has 1 amide bonds. The minimum Gasteiger partial charge on any atom is -0.480 e. The van der Waals surface area contributed by atoms with E-state index in [9.17, 15) is 19.1 Å². The molecular formula is C17H22FNO5. The number of carbonyl (C=O) groups excluding carboxylic acids is 1. The van der Waals surface area contributed by atoms with E-state index in [-0.39, 0.29) is 25.4 Å². The summed E-state index contributed by atoms with van der Waals surface area (Å²) in [5, 5.41) is 9.32. The van der Waals surface area contributed by atoms with Crippen LogP contribution < -0.4 is 0 Å². The lowest BCUT2D eigenvalue weighted by Gasteiger charge is -2.26. The molecular weight excluding hydrogens is 317 g/mol. The van der Waals surface area contributed by atoms with Crippen LogP contribution in [0.1, 0.15) is 32.8 Å². The maximum absolute atomic E-state index is 12.9. The van der Waals surface area contributed by atoms with Crippen molar-refractivity contribution in [2.24, 2.45) is 0 Å². The minimum atomic E-state index is -1.09. The van der Waals surface area contributed by atoms with E-state index in [1.165, 1.54) is 17.0 Å². The van der Waals surface area contributed by atoms with E-state index < -0.39 is 29.8 Å². The van der Waals surface area contributed by atoms with Gasteiger partial charge in [-0.05, 0) is 38.5 Å². The lowest BCUT2D eigenvalue weighted by molar-refractivity contribution is -0.142. The van der Waals surface area contributed by atoms with Gasteiger partial charge in [0, 0.05) is 6.42 Å². The van der Waals surface area contributed by atoms with Gasteiger partial charge in [0.15, 0.2) is 0 Å². The summed E-state index contributed by atoms with van der Waals surface area (Å²) < 4.78 is 23.8. The van der Waals surface area contributed by atoms with Gasteiger partial charge in [0.2, 0.25) is 0 Å². The van der Waals surface area contributed by atoms with Gasteiger partial charge in [-0.1, -0.05) is 12.1 Å². The first-order valence-electron chi connectivity index (χ1n) is 7.74. The molecule has 132 valence electrons. The van der Waals surface area contributed by atoms with E-state index in [1.807, 2.05) is 0 Å². The second-order valence-electron chi connectivity index (χ2n) is 6.78. The van der Waals surface area contributed by atoms with Crippen LogP contribution in [0.15, 0.2) is 24.3 Å². The molecule has 1 aliphatic heterocycles. The Hall–Kier alpha value is -2.15. The number of nitrogens with zero attached hydrogens (tertiary/aromatic N) is 1. The predicted octanol–water partition coefficient (Wildman–Crippen LogP) is 2.80. The number of hydrogen-bond acceptors (Lipinski definition) is 4. The number of halogens is 1. The molecule has 1 saturated heterocycles. The van der Waals surface area contributed by atoms with E-state index in [0.29, 0.717) is 0 Å². The van der Waals surface area contributed by atoms with E-state index in [0.717, 1.165) is 5.56 Å². The molecule has 0 saturated carbocycles. The summed E-state index contributed by atoms with van der Waals surface area (Å²) in [5.74, 6) is -1.42. The molecule has 2 rings (SSSR count). The van der Waals surface area contributed by atoms with Crippen molar-refractivity contribution in [2.45, 2.75) is 51.5 Å². The van der Waals surface area contributed by atoms with E-state index in [4.69, 9.17) is 9.47 Å². The molecule has 0 aromatic heterocycles. The predicted molar refractivity (Wildman–Crippen MR) is 84.0 cm³/mol. The van der Waals surface area contributed by atoms with Gasteiger partial charge < -0.3 is 14.6 Å². The Balaban J connectivity index is 1.97. The third-order valence-corrected chi connectivity index (χ3v) is 3.57. The van der Waals surface area contributed by atoms with Gasteiger partial charge >= 0.3 is 12.1 Å². The van der Waals surface area contributed by atoms with Crippen molar-refractivity contribution in [2.75, 3.05) is 6.54 Å². The normalized spacial score (nSPS) is 20.9. The fourth-order valence-electron chi connectivity index (χ4n) is 2.47. The Bertz CT molecular complexity index is 596. The number of hydrogen-bond donors (Lipinski definition) is 1. The van der Waals surface area contributed by atoms with Crippen LogP contribution in [0.4, 0.5) is 9.18 Å². The molecule has 0 unspecified atom stereocenters. The molecule has 7 heteroatoms. The highest BCUT2D eigenvalue weighted by Crippen LogP contribution is 2.24. The first-order valence-corrected chi connectivity index (χ1v) is 7.74. The van der Waals surface area contributed by atoms with E-state index >= 15 is 0 Å². The molecule has 0 bridgehead atoms. The number of rotatable bonds is 4. The Morgan fingerprint density at radius 1 is 1.29 bits per heavy atom. The zero-order chi connectivity index (χ0) is 17.9. The maximum atomic E-state index is 12.9. The number of carbonyl (C=O) groups is 2. The molecule has 1 aromatic rings. The molecule has 0 radical (unpaired) electrons. The average Bonchev–Trinajstić information content (AvgIpc) is 2.89. The second-order valence-corrected chi connectivity index (χ2v) is 6.78. The SMILES string of the molecule is CC(C)(C)OC(=O)N1C[C@@H](OCc2ccc(F)cc2)C[C@@H]1C(=O)O. The zero-order valence-electron chi connectivity index (χ0n) is 14.0. The van der Waals surface area contributed by atoms with Crippen LogP contribution in [0, 0.1) is 5.82 Å². The van der Waals surface area contributed by atoms with Gasteiger partial charge in [-0.25, -0.2) is 14.0 Å². The molecule has 1 aromatic carbocycles. The number of carboxylic acids is 1. The lowest BCUT2D eigenvalue weighted by Crippen LogP contribution is -2.43.